The van der Waals surface area contributed by atoms with Gasteiger partial charge in [-0.2, -0.15) is 8.42 Å². The summed E-state index contributed by atoms with van der Waals surface area (Å²) in [4.78, 5) is 10.0. The van der Waals surface area contributed by atoms with Gasteiger partial charge in [-0.1, -0.05) is 29.3 Å². The van der Waals surface area contributed by atoms with Crippen molar-refractivity contribution in [1.82, 2.24) is 0 Å². The zero-order valence-electron chi connectivity index (χ0n) is 10.8. The Bertz CT molecular complexity index is 787. The van der Waals surface area contributed by atoms with Crippen molar-refractivity contribution in [2.45, 2.75) is 11.8 Å². The SMILES string of the molecule is Cc1ccc(S(=O)(=O)Oc2ccc(Cl)c([N+](=O)[O-])c2)cc1. The lowest BCUT2D eigenvalue weighted by molar-refractivity contribution is -0.384. The molecule has 6 nitrogen and oxygen atoms in total. The van der Waals surface area contributed by atoms with Crippen LogP contribution in [-0.2, 0) is 10.1 Å². The maximum absolute atomic E-state index is 12.1. The molecule has 110 valence electrons. The Hall–Kier alpha value is -2.12. The second-order valence-electron chi connectivity index (χ2n) is 4.22. The highest BCUT2D eigenvalue weighted by Gasteiger charge is 2.19. The van der Waals surface area contributed by atoms with E-state index in [1.807, 2.05) is 6.92 Å². The van der Waals surface area contributed by atoms with Crippen LogP contribution in [0, 0.1) is 17.0 Å². The fourth-order valence-electron chi connectivity index (χ4n) is 1.56. The van der Waals surface area contributed by atoms with E-state index in [0.717, 1.165) is 11.6 Å². The molecule has 0 saturated heterocycles. The summed E-state index contributed by atoms with van der Waals surface area (Å²) in [6.45, 7) is 1.82. The first kappa shape index (κ1) is 15.3. The van der Waals surface area contributed by atoms with Crippen molar-refractivity contribution in [2.24, 2.45) is 0 Å². The second-order valence-corrected chi connectivity index (χ2v) is 6.17. The fraction of sp³-hybridized carbons (Fsp3) is 0.0769. The number of benzene rings is 2. The van der Waals surface area contributed by atoms with Gasteiger partial charge in [-0.15, -0.1) is 0 Å². The van der Waals surface area contributed by atoms with Gasteiger partial charge in [0, 0.05) is 0 Å². The van der Waals surface area contributed by atoms with Crippen LogP contribution in [0.25, 0.3) is 0 Å². The number of halogens is 1. The smallest absolute Gasteiger partial charge is 0.339 e. The van der Waals surface area contributed by atoms with Gasteiger partial charge in [0.05, 0.1) is 11.0 Å². The van der Waals surface area contributed by atoms with Crippen molar-refractivity contribution in [3.63, 3.8) is 0 Å². The van der Waals surface area contributed by atoms with Gasteiger partial charge in [0.1, 0.15) is 15.7 Å². The van der Waals surface area contributed by atoms with Crippen LogP contribution in [-0.4, -0.2) is 13.3 Å². The summed E-state index contributed by atoms with van der Waals surface area (Å²) in [5, 5.41) is 10.7. The Morgan fingerprint density at radius 1 is 1.14 bits per heavy atom. The lowest BCUT2D eigenvalue weighted by Crippen LogP contribution is -2.09. The molecular formula is C13H10ClNO5S. The van der Waals surface area contributed by atoms with E-state index in [1.54, 1.807) is 12.1 Å². The maximum atomic E-state index is 12.1. The second kappa shape index (κ2) is 5.71. The van der Waals surface area contributed by atoms with Crippen LogP contribution in [0.3, 0.4) is 0 Å². The van der Waals surface area contributed by atoms with E-state index in [9.17, 15) is 18.5 Å². The summed E-state index contributed by atoms with van der Waals surface area (Å²) in [6, 6.07) is 9.47. The molecule has 0 aliphatic heterocycles. The van der Waals surface area contributed by atoms with Crippen molar-refractivity contribution in [3.8, 4) is 5.75 Å². The number of aryl methyl sites for hydroxylation is 1. The van der Waals surface area contributed by atoms with Crippen molar-refractivity contribution in [1.29, 1.82) is 0 Å². The number of hydrogen-bond acceptors (Lipinski definition) is 5. The van der Waals surface area contributed by atoms with E-state index in [1.165, 1.54) is 24.3 Å². The van der Waals surface area contributed by atoms with Crippen LogP contribution in [0.5, 0.6) is 5.75 Å². The van der Waals surface area contributed by atoms with Crippen molar-refractivity contribution in [3.05, 3.63) is 63.2 Å². The van der Waals surface area contributed by atoms with Crippen molar-refractivity contribution < 1.29 is 17.5 Å². The van der Waals surface area contributed by atoms with E-state index < -0.39 is 20.7 Å². The zero-order valence-corrected chi connectivity index (χ0v) is 12.4. The average molecular weight is 328 g/mol. The Kier molecular flexibility index (Phi) is 4.15. The molecule has 0 radical (unpaired) electrons. The minimum absolute atomic E-state index is 0.0364. The van der Waals surface area contributed by atoms with Crippen molar-refractivity contribution >= 4 is 27.4 Å². The molecule has 0 N–H and O–H groups in total. The largest absolute Gasteiger partial charge is 0.379 e. The van der Waals surface area contributed by atoms with Gasteiger partial charge in [-0.05, 0) is 31.2 Å². The molecular weight excluding hydrogens is 318 g/mol. The molecule has 8 heteroatoms. The van der Waals surface area contributed by atoms with E-state index >= 15 is 0 Å². The van der Waals surface area contributed by atoms with Gasteiger partial charge < -0.3 is 4.18 Å². The zero-order chi connectivity index (χ0) is 15.6. The third-order valence-electron chi connectivity index (χ3n) is 2.63. The molecule has 0 aliphatic rings. The Morgan fingerprint density at radius 2 is 1.76 bits per heavy atom. The number of nitro benzene ring substituents is 1. The first-order chi connectivity index (χ1) is 9.79. The first-order valence-corrected chi connectivity index (χ1v) is 7.53. The number of hydrogen-bond donors (Lipinski definition) is 0. The third kappa shape index (κ3) is 3.50. The van der Waals surface area contributed by atoms with Gasteiger partial charge >= 0.3 is 10.1 Å². The quantitative estimate of drug-likeness (QED) is 0.488. The van der Waals surface area contributed by atoms with Gasteiger partial charge in [0.2, 0.25) is 0 Å². The highest BCUT2D eigenvalue weighted by atomic mass is 35.5. The number of rotatable bonds is 4. The molecule has 0 amide bonds. The van der Waals surface area contributed by atoms with E-state index in [4.69, 9.17) is 15.8 Å². The topological polar surface area (TPSA) is 86.5 Å². The molecule has 0 spiro atoms. The molecule has 0 fully saturated rings. The van der Waals surface area contributed by atoms with Gasteiger partial charge in [-0.25, -0.2) is 0 Å². The van der Waals surface area contributed by atoms with E-state index in [2.05, 4.69) is 0 Å². The molecule has 2 rings (SSSR count). The third-order valence-corrected chi connectivity index (χ3v) is 4.21. The number of nitrogens with zero attached hydrogens (tertiary/aromatic N) is 1. The highest BCUT2D eigenvalue weighted by molar-refractivity contribution is 7.87. The predicted octanol–water partition coefficient (Wildman–Crippen LogP) is 3.32. The van der Waals surface area contributed by atoms with Crippen LogP contribution in [0.1, 0.15) is 5.56 Å². The number of nitro groups is 1. The van der Waals surface area contributed by atoms with E-state index in [-0.39, 0.29) is 15.7 Å². The van der Waals surface area contributed by atoms with Crippen LogP contribution < -0.4 is 4.18 Å². The lowest BCUT2D eigenvalue weighted by atomic mass is 10.2. The summed E-state index contributed by atoms with van der Waals surface area (Å²) in [7, 11) is -4.05. The van der Waals surface area contributed by atoms with Crippen LogP contribution in [0.4, 0.5) is 5.69 Å². The van der Waals surface area contributed by atoms with Crippen LogP contribution >= 0.6 is 11.6 Å². The molecule has 0 aliphatic carbocycles. The molecule has 21 heavy (non-hydrogen) atoms. The molecule has 0 bridgehead atoms. The molecule has 0 heterocycles. The fourth-order valence-corrected chi connectivity index (χ4v) is 2.67. The van der Waals surface area contributed by atoms with E-state index in [0.29, 0.717) is 0 Å². The average Bonchev–Trinajstić information content (AvgIpc) is 2.41. The van der Waals surface area contributed by atoms with Gasteiger partial charge in [-0.3, -0.25) is 10.1 Å². The predicted molar refractivity (Wildman–Crippen MR) is 77.1 cm³/mol. The molecule has 0 unspecified atom stereocenters. The van der Waals surface area contributed by atoms with Gasteiger partial charge in [0.15, 0.2) is 0 Å². The molecule has 0 saturated carbocycles. The first-order valence-electron chi connectivity index (χ1n) is 5.75. The minimum Gasteiger partial charge on any atom is -0.379 e. The standard InChI is InChI=1S/C13H10ClNO5S/c1-9-2-5-11(6-3-9)21(18,19)20-10-4-7-12(14)13(8-10)15(16)17/h2-8H,1H3. The molecule has 0 aromatic heterocycles. The Morgan fingerprint density at radius 3 is 2.33 bits per heavy atom. The minimum atomic E-state index is -4.05. The molecule has 2 aromatic carbocycles. The summed E-state index contributed by atoms with van der Waals surface area (Å²) in [5.41, 5.74) is 0.476. The summed E-state index contributed by atoms with van der Waals surface area (Å²) < 4.78 is 29.0. The summed E-state index contributed by atoms with van der Waals surface area (Å²) in [5.74, 6) is -0.174. The lowest BCUT2D eigenvalue weighted by Gasteiger charge is -2.07. The normalized spacial score (nSPS) is 11.1. The maximum Gasteiger partial charge on any atom is 0.339 e. The monoisotopic (exact) mass is 327 g/mol. The van der Waals surface area contributed by atoms with Gasteiger partial charge in [0.25, 0.3) is 5.69 Å². The summed E-state index contributed by atoms with van der Waals surface area (Å²) >= 11 is 5.65. The Balaban J connectivity index is 2.35. The highest BCUT2D eigenvalue weighted by Crippen LogP contribution is 2.30. The van der Waals surface area contributed by atoms with Crippen LogP contribution in [0.2, 0.25) is 5.02 Å². The molecule has 0 atom stereocenters. The summed E-state index contributed by atoms with van der Waals surface area (Å²) in [6.07, 6.45) is 0. The molecule has 2 aromatic rings. The van der Waals surface area contributed by atoms with Crippen LogP contribution in [0.15, 0.2) is 47.4 Å². The van der Waals surface area contributed by atoms with Crippen molar-refractivity contribution in [2.75, 3.05) is 0 Å². The Labute approximate surface area is 126 Å².